The number of aliphatic carboxylic acids is 1. The summed E-state index contributed by atoms with van der Waals surface area (Å²) >= 11 is 0. The van der Waals surface area contributed by atoms with Crippen LogP contribution in [0.1, 0.15) is 38.5 Å². The largest absolute Gasteiger partial charge is 0.481 e. The molecule has 2 aliphatic heterocycles. The lowest BCUT2D eigenvalue weighted by atomic mass is 9.95. The van der Waals surface area contributed by atoms with E-state index in [1.54, 1.807) is 5.32 Å². The Balaban J connectivity index is 1.81. The number of unbranched alkanes of at least 4 members (excludes halogenated alkanes) is 2. The SMILES string of the molecule is O=C(O)CC(F)(F)C1(O)NC(=O)CC1NC(=O)CCCCCN1C(=O)C=CC1=O. The quantitative estimate of drug-likeness (QED) is 0.270. The highest BCUT2D eigenvalue weighted by Crippen LogP contribution is 2.37. The van der Waals surface area contributed by atoms with Crippen LogP contribution in [0.3, 0.4) is 0 Å². The second-order valence-electron chi connectivity index (χ2n) is 6.89. The number of nitrogens with one attached hydrogen (secondary N) is 2. The predicted octanol–water partition coefficient (Wildman–Crippen LogP) is -0.725. The summed E-state index contributed by atoms with van der Waals surface area (Å²) in [5.74, 6) is -8.55. The molecule has 2 aliphatic rings. The second kappa shape index (κ2) is 8.64. The lowest BCUT2D eigenvalue weighted by Crippen LogP contribution is -2.66. The first-order valence-electron chi connectivity index (χ1n) is 8.92. The third-order valence-electron chi connectivity index (χ3n) is 4.68. The van der Waals surface area contributed by atoms with Gasteiger partial charge in [-0.1, -0.05) is 6.42 Å². The molecule has 2 unspecified atom stereocenters. The standard InChI is InChI=1S/C17H21F2N3O7/c18-16(19,9-15(27)28)17(29)10(8-12(24)21-17)20-11(23)4-2-1-3-7-22-13(25)5-6-14(22)26/h5-6,10,29H,1-4,7-9H2,(H,20,23)(H,21,24)(H,27,28). The Bertz CT molecular complexity index is 737. The summed E-state index contributed by atoms with van der Waals surface area (Å²) in [5, 5.41) is 22.6. The van der Waals surface area contributed by atoms with Gasteiger partial charge in [0.05, 0.1) is 12.5 Å². The number of hydrogen-bond acceptors (Lipinski definition) is 6. The number of carboxylic acids is 1. The van der Waals surface area contributed by atoms with Crippen molar-refractivity contribution in [1.82, 2.24) is 15.5 Å². The molecule has 160 valence electrons. The van der Waals surface area contributed by atoms with Crippen molar-refractivity contribution >= 4 is 29.6 Å². The molecule has 0 spiro atoms. The minimum absolute atomic E-state index is 0.106. The summed E-state index contributed by atoms with van der Waals surface area (Å²) in [4.78, 5) is 58.0. The molecular weight excluding hydrogens is 396 g/mol. The smallest absolute Gasteiger partial charge is 0.309 e. The number of halogens is 2. The maximum absolute atomic E-state index is 14.1. The highest BCUT2D eigenvalue weighted by molar-refractivity contribution is 6.12. The predicted molar refractivity (Wildman–Crippen MR) is 91.2 cm³/mol. The molecule has 12 heteroatoms. The van der Waals surface area contributed by atoms with Gasteiger partial charge in [-0.3, -0.25) is 28.9 Å². The van der Waals surface area contributed by atoms with Crippen molar-refractivity contribution in [3.05, 3.63) is 12.2 Å². The van der Waals surface area contributed by atoms with Crippen LogP contribution in [0.5, 0.6) is 0 Å². The minimum atomic E-state index is -4.20. The summed E-state index contributed by atoms with van der Waals surface area (Å²) in [7, 11) is 0. The molecular formula is C17H21F2N3O7. The average molecular weight is 417 g/mol. The Labute approximate surface area is 163 Å². The number of imide groups is 1. The van der Waals surface area contributed by atoms with Crippen LogP contribution in [0.25, 0.3) is 0 Å². The topological polar surface area (TPSA) is 153 Å². The number of hydrogen-bond donors (Lipinski definition) is 4. The van der Waals surface area contributed by atoms with Crippen LogP contribution in [0.2, 0.25) is 0 Å². The van der Waals surface area contributed by atoms with Crippen LogP contribution in [-0.2, 0) is 24.0 Å². The first-order valence-corrected chi connectivity index (χ1v) is 8.92. The molecule has 2 heterocycles. The van der Waals surface area contributed by atoms with Crippen LogP contribution in [0.4, 0.5) is 8.78 Å². The lowest BCUT2D eigenvalue weighted by Gasteiger charge is -2.36. The molecule has 1 fully saturated rings. The van der Waals surface area contributed by atoms with Gasteiger partial charge in [0.1, 0.15) is 6.42 Å². The van der Waals surface area contributed by atoms with E-state index in [1.165, 1.54) is 0 Å². The van der Waals surface area contributed by atoms with Crippen LogP contribution >= 0.6 is 0 Å². The van der Waals surface area contributed by atoms with Crippen LogP contribution in [0.15, 0.2) is 12.2 Å². The number of carbonyl (C=O) groups excluding carboxylic acids is 4. The molecule has 0 aliphatic carbocycles. The molecule has 0 aromatic heterocycles. The Kier molecular flexibility index (Phi) is 6.67. The van der Waals surface area contributed by atoms with Crippen molar-refractivity contribution in [3.8, 4) is 0 Å². The Morgan fingerprint density at radius 2 is 1.83 bits per heavy atom. The number of carboxylic acid groups (broad SMARTS) is 1. The van der Waals surface area contributed by atoms with E-state index in [0.717, 1.165) is 17.1 Å². The van der Waals surface area contributed by atoms with Crippen molar-refractivity contribution in [2.75, 3.05) is 6.54 Å². The zero-order valence-electron chi connectivity index (χ0n) is 15.3. The van der Waals surface area contributed by atoms with Crippen molar-refractivity contribution in [2.45, 2.75) is 56.2 Å². The van der Waals surface area contributed by atoms with E-state index in [0.29, 0.717) is 19.3 Å². The third-order valence-corrected chi connectivity index (χ3v) is 4.68. The maximum atomic E-state index is 14.1. The van der Waals surface area contributed by atoms with Gasteiger partial charge in [0.2, 0.25) is 17.5 Å². The fourth-order valence-electron chi connectivity index (χ4n) is 3.16. The van der Waals surface area contributed by atoms with Crippen molar-refractivity contribution in [3.63, 3.8) is 0 Å². The molecule has 4 N–H and O–H groups in total. The van der Waals surface area contributed by atoms with E-state index < -0.39 is 60.1 Å². The fourth-order valence-corrected chi connectivity index (χ4v) is 3.16. The Morgan fingerprint density at radius 1 is 1.21 bits per heavy atom. The number of rotatable bonds is 10. The van der Waals surface area contributed by atoms with Crippen molar-refractivity contribution in [2.24, 2.45) is 0 Å². The summed E-state index contributed by atoms with van der Waals surface area (Å²) < 4.78 is 28.3. The average Bonchev–Trinajstić information content (AvgIpc) is 3.06. The second-order valence-corrected chi connectivity index (χ2v) is 6.89. The van der Waals surface area contributed by atoms with Crippen LogP contribution < -0.4 is 10.6 Å². The maximum Gasteiger partial charge on any atom is 0.309 e. The van der Waals surface area contributed by atoms with Crippen LogP contribution in [-0.4, -0.2) is 68.9 Å². The zero-order valence-corrected chi connectivity index (χ0v) is 15.3. The molecule has 2 atom stereocenters. The molecule has 1 saturated heterocycles. The Hall–Kier alpha value is -2.89. The van der Waals surface area contributed by atoms with Gasteiger partial charge in [-0.25, -0.2) is 8.78 Å². The summed E-state index contributed by atoms with van der Waals surface area (Å²) in [5.41, 5.74) is -3.21. The normalized spacial score (nSPS) is 24.2. The molecule has 0 saturated carbocycles. The van der Waals surface area contributed by atoms with Gasteiger partial charge in [-0.15, -0.1) is 0 Å². The summed E-state index contributed by atoms with van der Waals surface area (Å²) in [6, 6.07) is -1.69. The first kappa shape index (κ1) is 22.4. The molecule has 0 aromatic rings. The van der Waals surface area contributed by atoms with Crippen LogP contribution in [0, 0.1) is 0 Å². The molecule has 0 aromatic carbocycles. The third kappa shape index (κ3) is 5.13. The Morgan fingerprint density at radius 3 is 2.41 bits per heavy atom. The first-order chi connectivity index (χ1) is 13.5. The number of aliphatic hydroxyl groups is 1. The lowest BCUT2D eigenvalue weighted by molar-refractivity contribution is -0.208. The molecule has 29 heavy (non-hydrogen) atoms. The summed E-state index contributed by atoms with van der Waals surface area (Å²) in [6.07, 6.45) is 1.09. The van der Waals surface area contributed by atoms with Crippen molar-refractivity contribution < 1.29 is 43.0 Å². The van der Waals surface area contributed by atoms with Gasteiger partial charge in [-0.2, -0.15) is 0 Å². The molecule has 2 rings (SSSR count). The highest BCUT2D eigenvalue weighted by Gasteiger charge is 2.63. The van der Waals surface area contributed by atoms with E-state index in [2.05, 4.69) is 5.32 Å². The van der Waals surface area contributed by atoms with Gasteiger partial charge in [0.15, 0.2) is 0 Å². The van der Waals surface area contributed by atoms with Crippen molar-refractivity contribution in [1.29, 1.82) is 0 Å². The number of carbonyl (C=O) groups is 5. The molecule has 4 amide bonds. The number of nitrogens with zero attached hydrogens (tertiary/aromatic N) is 1. The van der Waals surface area contributed by atoms with Gasteiger partial charge in [0, 0.05) is 25.1 Å². The zero-order chi connectivity index (χ0) is 21.8. The fraction of sp³-hybridized carbons (Fsp3) is 0.588. The monoisotopic (exact) mass is 417 g/mol. The van der Waals surface area contributed by atoms with Gasteiger partial charge >= 0.3 is 11.9 Å². The highest BCUT2D eigenvalue weighted by atomic mass is 19.3. The number of alkyl halides is 2. The molecule has 0 radical (unpaired) electrons. The molecule has 0 bridgehead atoms. The van der Waals surface area contributed by atoms with E-state index in [-0.39, 0.29) is 13.0 Å². The number of amides is 4. The van der Waals surface area contributed by atoms with Gasteiger partial charge in [-0.05, 0) is 12.8 Å². The van der Waals surface area contributed by atoms with Gasteiger partial charge < -0.3 is 20.8 Å². The van der Waals surface area contributed by atoms with Gasteiger partial charge in [0.25, 0.3) is 11.8 Å². The van der Waals surface area contributed by atoms with E-state index in [9.17, 15) is 37.9 Å². The minimum Gasteiger partial charge on any atom is -0.481 e. The summed E-state index contributed by atoms with van der Waals surface area (Å²) in [6.45, 7) is 0.189. The van der Waals surface area contributed by atoms with E-state index in [4.69, 9.17) is 5.11 Å². The van der Waals surface area contributed by atoms with E-state index >= 15 is 0 Å². The van der Waals surface area contributed by atoms with E-state index in [1.807, 2.05) is 0 Å². The molecule has 10 nitrogen and oxygen atoms in total.